The summed E-state index contributed by atoms with van der Waals surface area (Å²) >= 11 is 0. The average Bonchev–Trinajstić information content (AvgIpc) is 2.88. The summed E-state index contributed by atoms with van der Waals surface area (Å²) in [7, 11) is -3.37. The summed E-state index contributed by atoms with van der Waals surface area (Å²) in [6, 6.07) is 6.19. The largest absolute Gasteiger partial charge is 0.392 e. The Labute approximate surface area is 118 Å². The molecule has 1 fully saturated rings. The van der Waals surface area contributed by atoms with E-state index in [9.17, 15) is 13.2 Å². The lowest BCUT2D eigenvalue weighted by Gasteiger charge is -2.21. The van der Waals surface area contributed by atoms with Gasteiger partial charge in [-0.15, -0.1) is 0 Å². The van der Waals surface area contributed by atoms with Gasteiger partial charge in [-0.1, -0.05) is 12.1 Å². The van der Waals surface area contributed by atoms with Gasteiger partial charge >= 0.3 is 0 Å². The second-order valence-corrected chi connectivity index (χ2v) is 6.81. The Morgan fingerprint density at radius 2 is 2.25 bits per heavy atom. The number of sulfonamides is 1. The lowest BCUT2D eigenvalue weighted by atomic mass is 10.2. The van der Waals surface area contributed by atoms with E-state index < -0.39 is 16.1 Å². The lowest BCUT2D eigenvalue weighted by molar-refractivity contribution is -0.119. The van der Waals surface area contributed by atoms with Crippen molar-refractivity contribution in [2.45, 2.75) is 25.5 Å². The first kappa shape index (κ1) is 15.0. The number of nitrogens with one attached hydrogen (secondary N) is 1. The van der Waals surface area contributed by atoms with E-state index in [1.54, 1.807) is 24.3 Å². The number of benzene rings is 1. The van der Waals surface area contributed by atoms with E-state index in [0.717, 1.165) is 6.26 Å². The van der Waals surface area contributed by atoms with Crippen LogP contribution in [0.5, 0.6) is 0 Å². The molecule has 1 aromatic rings. The predicted octanol–water partition coefficient (Wildman–Crippen LogP) is 0.541. The minimum Gasteiger partial charge on any atom is -0.392 e. The number of hydrogen-bond acceptors (Lipinski definition) is 4. The van der Waals surface area contributed by atoms with Crippen LogP contribution in [0.1, 0.15) is 18.4 Å². The third-order valence-electron chi connectivity index (χ3n) is 3.31. The van der Waals surface area contributed by atoms with Crippen LogP contribution < -0.4 is 5.32 Å². The molecule has 0 saturated carbocycles. The normalized spacial score (nSPS) is 20.0. The molecule has 2 rings (SSSR count). The Balaban J connectivity index is 2.11. The SMILES string of the molecule is CS(=O)(=O)N1CCCC1C(=O)Nc1cccc(CO)c1. The van der Waals surface area contributed by atoms with Gasteiger partial charge in [-0.05, 0) is 30.5 Å². The Bertz CT molecular complexity index is 600. The number of aliphatic hydroxyl groups excluding tert-OH is 1. The van der Waals surface area contributed by atoms with Crippen molar-refractivity contribution in [3.05, 3.63) is 29.8 Å². The molecule has 6 nitrogen and oxygen atoms in total. The van der Waals surface area contributed by atoms with E-state index in [2.05, 4.69) is 5.32 Å². The van der Waals surface area contributed by atoms with Gasteiger partial charge in [0.2, 0.25) is 15.9 Å². The summed E-state index contributed by atoms with van der Waals surface area (Å²) in [5.74, 6) is -0.331. The van der Waals surface area contributed by atoms with Gasteiger partial charge in [-0.2, -0.15) is 4.31 Å². The highest BCUT2D eigenvalue weighted by molar-refractivity contribution is 7.88. The number of amides is 1. The maximum absolute atomic E-state index is 12.2. The van der Waals surface area contributed by atoms with Gasteiger partial charge in [0, 0.05) is 12.2 Å². The zero-order chi connectivity index (χ0) is 14.8. The quantitative estimate of drug-likeness (QED) is 0.849. The lowest BCUT2D eigenvalue weighted by Crippen LogP contribution is -2.42. The average molecular weight is 298 g/mol. The van der Waals surface area contributed by atoms with Gasteiger partial charge in [-0.25, -0.2) is 8.42 Å². The number of nitrogens with zero attached hydrogens (tertiary/aromatic N) is 1. The van der Waals surface area contributed by atoms with Crippen molar-refractivity contribution < 1.29 is 18.3 Å². The molecule has 0 spiro atoms. The van der Waals surface area contributed by atoms with Crippen molar-refractivity contribution in [2.24, 2.45) is 0 Å². The van der Waals surface area contributed by atoms with Crippen LogP contribution in [0.15, 0.2) is 24.3 Å². The van der Waals surface area contributed by atoms with Gasteiger partial charge in [0.05, 0.1) is 12.9 Å². The molecule has 0 radical (unpaired) electrons. The van der Waals surface area contributed by atoms with E-state index >= 15 is 0 Å². The first-order valence-electron chi connectivity index (χ1n) is 6.39. The zero-order valence-electron chi connectivity index (χ0n) is 11.2. The van der Waals surface area contributed by atoms with Crippen LogP contribution in [-0.4, -0.2) is 42.6 Å². The topological polar surface area (TPSA) is 86.7 Å². The first-order valence-corrected chi connectivity index (χ1v) is 8.24. The van der Waals surface area contributed by atoms with Crippen LogP contribution in [0, 0.1) is 0 Å². The van der Waals surface area contributed by atoms with Crippen molar-refractivity contribution in [3.63, 3.8) is 0 Å². The van der Waals surface area contributed by atoms with Gasteiger partial charge in [-0.3, -0.25) is 4.79 Å². The summed E-state index contributed by atoms with van der Waals surface area (Å²) in [6.07, 6.45) is 2.32. The van der Waals surface area contributed by atoms with E-state index in [1.165, 1.54) is 4.31 Å². The molecule has 20 heavy (non-hydrogen) atoms. The fraction of sp³-hybridized carbons (Fsp3) is 0.462. The van der Waals surface area contributed by atoms with Crippen LogP contribution in [0.25, 0.3) is 0 Å². The smallest absolute Gasteiger partial charge is 0.242 e. The molecule has 0 bridgehead atoms. The highest BCUT2D eigenvalue weighted by Gasteiger charge is 2.36. The molecule has 0 aliphatic carbocycles. The second-order valence-electron chi connectivity index (χ2n) is 4.88. The fourth-order valence-electron chi connectivity index (χ4n) is 2.37. The molecule has 1 atom stereocenters. The van der Waals surface area contributed by atoms with Crippen LogP contribution in [0.2, 0.25) is 0 Å². The predicted molar refractivity (Wildman–Crippen MR) is 75.6 cm³/mol. The van der Waals surface area contributed by atoms with Crippen LogP contribution in [0.3, 0.4) is 0 Å². The highest BCUT2D eigenvalue weighted by Crippen LogP contribution is 2.22. The number of carbonyl (C=O) groups excluding carboxylic acids is 1. The number of carbonyl (C=O) groups is 1. The Hall–Kier alpha value is -1.44. The minimum absolute atomic E-state index is 0.109. The molecule has 1 heterocycles. The molecule has 1 aromatic carbocycles. The summed E-state index contributed by atoms with van der Waals surface area (Å²) in [5.41, 5.74) is 1.25. The number of rotatable bonds is 4. The number of aliphatic hydroxyl groups is 1. The van der Waals surface area contributed by atoms with Crippen LogP contribution in [0.4, 0.5) is 5.69 Å². The summed E-state index contributed by atoms with van der Waals surface area (Å²) in [5, 5.41) is 11.8. The molecule has 1 saturated heterocycles. The van der Waals surface area contributed by atoms with E-state index in [1.807, 2.05) is 0 Å². The minimum atomic E-state index is -3.37. The molecule has 1 aliphatic rings. The third-order valence-corrected chi connectivity index (χ3v) is 4.60. The fourth-order valence-corrected chi connectivity index (χ4v) is 3.50. The highest BCUT2D eigenvalue weighted by atomic mass is 32.2. The van der Waals surface area contributed by atoms with E-state index in [-0.39, 0.29) is 12.5 Å². The summed E-state index contributed by atoms with van der Waals surface area (Å²) in [4.78, 5) is 12.2. The molecular formula is C13H18N2O4S. The van der Waals surface area contributed by atoms with Crippen LogP contribution in [-0.2, 0) is 21.4 Å². The standard InChI is InChI=1S/C13H18N2O4S/c1-20(18,19)15-7-3-6-12(15)13(17)14-11-5-2-4-10(8-11)9-16/h2,4-5,8,12,16H,3,6-7,9H2,1H3,(H,14,17). The molecular weight excluding hydrogens is 280 g/mol. The van der Waals surface area contributed by atoms with Crippen molar-refractivity contribution in [3.8, 4) is 0 Å². The Morgan fingerprint density at radius 3 is 2.90 bits per heavy atom. The summed E-state index contributed by atoms with van der Waals surface area (Å²) in [6.45, 7) is 0.274. The Kier molecular flexibility index (Phi) is 4.42. The monoisotopic (exact) mass is 298 g/mol. The molecule has 110 valence electrons. The van der Waals surface area contributed by atoms with E-state index in [0.29, 0.717) is 30.6 Å². The number of anilines is 1. The maximum atomic E-state index is 12.2. The van der Waals surface area contributed by atoms with Crippen molar-refractivity contribution >= 4 is 21.6 Å². The zero-order valence-corrected chi connectivity index (χ0v) is 12.1. The van der Waals surface area contributed by atoms with Crippen molar-refractivity contribution in [1.29, 1.82) is 0 Å². The summed E-state index contributed by atoms with van der Waals surface area (Å²) < 4.78 is 24.5. The molecule has 7 heteroatoms. The molecule has 2 N–H and O–H groups in total. The maximum Gasteiger partial charge on any atom is 0.242 e. The molecule has 1 aliphatic heterocycles. The Morgan fingerprint density at radius 1 is 1.50 bits per heavy atom. The van der Waals surface area contributed by atoms with Gasteiger partial charge in [0.25, 0.3) is 0 Å². The first-order chi connectivity index (χ1) is 9.41. The molecule has 0 aromatic heterocycles. The van der Waals surface area contributed by atoms with E-state index in [4.69, 9.17) is 5.11 Å². The second kappa shape index (κ2) is 5.90. The number of hydrogen-bond donors (Lipinski definition) is 2. The van der Waals surface area contributed by atoms with Crippen molar-refractivity contribution in [1.82, 2.24) is 4.31 Å². The molecule has 1 amide bonds. The molecule has 1 unspecified atom stereocenters. The van der Waals surface area contributed by atoms with Gasteiger partial charge < -0.3 is 10.4 Å². The van der Waals surface area contributed by atoms with Crippen LogP contribution >= 0.6 is 0 Å². The van der Waals surface area contributed by atoms with Gasteiger partial charge in [0.1, 0.15) is 6.04 Å². The van der Waals surface area contributed by atoms with Gasteiger partial charge in [0.15, 0.2) is 0 Å². The van der Waals surface area contributed by atoms with Crippen molar-refractivity contribution in [2.75, 3.05) is 18.1 Å². The third kappa shape index (κ3) is 3.36.